The molecule has 0 amide bonds. The second-order valence-electron chi connectivity index (χ2n) is 6.74. The molecule has 0 saturated heterocycles. The van der Waals surface area contributed by atoms with Crippen LogP contribution < -0.4 is 5.43 Å². The van der Waals surface area contributed by atoms with Crippen LogP contribution in [0.25, 0.3) is 22.2 Å². The third-order valence-corrected chi connectivity index (χ3v) is 4.62. The Labute approximate surface area is 146 Å². The summed E-state index contributed by atoms with van der Waals surface area (Å²) in [6, 6.07) is 5.12. The van der Waals surface area contributed by atoms with Crippen molar-refractivity contribution in [3.05, 3.63) is 63.8 Å². The summed E-state index contributed by atoms with van der Waals surface area (Å²) in [4.78, 5) is 19.1. The van der Waals surface area contributed by atoms with Crippen molar-refractivity contribution in [1.82, 2.24) is 9.97 Å². The number of nitrogens with one attached hydrogen (secondary N) is 1. The number of fused-ring (bicyclic) bond motifs is 1. The van der Waals surface area contributed by atoms with E-state index in [1.165, 1.54) is 24.5 Å². The number of rotatable bonds is 2. The Bertz CT molecular complexity index is 1050. The Hall–Kier alpha value is -2.70. The van der Waals surface area contributed by atoms with Gasteiger partial charge in [0.25, 0.3) is 0 Å². The number of hydrogen-bond donors (Lipinski definition) is 1. The minimum absolute atomic E-state index is 0.304. The number of hydrogen-bond acceptors (Lipinski definition) is 2. The molecule has 1 N–H and O–H groups in total. The molecule has 2 aromatic heterocycles. The molecular weight excluding hydrogens is 348 g/mol. The number of aromatic amines is 1. The first-order chi connectivity index (χ1) is 12.0. The van der Waals surface area contributed by atoms with E-state index >= 15 is 0 Å². The summed E-state index contributed by atoms with van der Waals surface area (Å²) in [5.74, 6) is -0.969. The van der Waals surface area contributed by atoms with Gasteiger partial charge in [0.1, 0.15) is 5.82 Å². The molecule has 136 valence electrons. The van der Waals surface area contributed by atoms with E-state index in [-0.39, 0.29) is 5.43 Å². The molecule has 7 heteroatoms. The molecule has 3 nitrogen and oxygen atoms in total. The molecule has 0 aliphatic carbocycles. The van der Waals surface area contributed by atoms with E-state index < -0.39 is 23.0 Å². The Morgan fingerprint density at radius 2 is 1.81 bits per heavy atom. The second-order valence-corrected chi connectivity index (χ2v) is 6.74. The van der Waals surface area contributed by atoms with E-state index in [4.69, 9.17) is 0 Å². The molecule has 0 aliphatic rings. The average Bonchev–Trinajstić information content (AvgIpc) is 2.55. The zero-order valence-corrected chi connectivity index (χ0v) is 14.3. The molecule has 0 unspecified atom stereocenters. The van der Waals surface area contributed by atoms with Gasteiger partial charge in [-0.1, -0.05) is 6.07 Å². The number of aromatic nitrogens is 2. The normalized spacial score (nSPS) is 12.6. The molecule has 0 fully saturated rings. The predicted octanol–water partition coefficient (Wildman–Crippen LogP) is 4.88. The van der Waals surface area contributed by atoms with E-state index in [2.05, 4.69) is 9.97 Å². The van der Waals surface area contributed by atoms with Crippen LogP contribution in [-0.4, -0.2) is 16.1 Å². The van der Waals surface area contributed by atoms with Crippen LogP contribution in [0.4, 0.5) is 17.6 Å². The fourth-order valence-electron chi connectivity index (χ4n) is 2.84. The predicted molar refractivity (Wildman–Crippen MR) is 91.6 cm³/mol. The highest BCUT2D eigenvalue weighted by Crippen LogP contribution is 2.42. The van der Waals surface area contributed by atoms with Crippen LogP contribution >= 0.6 is 0 Å². The first kappa shape index (κ1) is 18.1. The standard InChI is InChI=1S/C19H16F4N2O/c1-10-6-13(18(2,3)19(21,22)23)14(20)7-11(10)16-8-17(26)12-9-24-5-4-15(12)25-16/h4-9H,1-3H3,(H,25,26). The van der Waals surface area contributed by atoms with Gasteiger partial charge >= 0.3 is 6.18 Å². The largest absolute Gasteiger partial charge is 0.398 e. The number of alkyl halides is 3. The van der Waals surface area contributed by atoms with E-state index in [0.29, 0.717) is 27.7 Å². The zero-order chi connectivity index (χ0) is 19.3. The maximum atomic E-state index is 14.6. The first-order valence-electron chi connectivity index (χ1n) is 7.87. The third kappa shape index (κ3) is 2.87. The Kier molecular flexibility index (Phi) is 4.13. The Balaban J connectivity index is 2.20. The molecule has 2 heterocycles. The molecule has 0 bridgehead atoms. The lowest BCUT2D eigenvalue weighted by atomic mass is 9.82. The van der Waals surface area contributed by atoms with Gasteiger partial charge in [0.05, 0.1) is 22.0 Å². The maximum absolute atomic E-state index is 14.6. The van der Waals surface area contributed by atoms with Gasteiger partial charge < -0.3 is 4.98 Å². The highest BCUT2D eigenvalue weighted by molar-refractivity contribution is 5.81. The highest BCUT2D eigenvalue weighted by Gasteiger charge is 2.49. The van der Waals surface area contributed by atoms with Crippen LogP contribution in [0.15, 0.2) is 41.5 Å². The number of aryl methyl sites for hydroxylation is 1. The minimum Gasteiger partial charge on any atom is -0.354 e. The summed E-state index contributed by atoms with van der Waals surface area (Å²) in [5.41, 5.74) is -1.45. The van der Waals surface area contributed by atoms with Crippen LogP contribution in [-0.2, 0) is 5.41 Å². The van der Waals surface area contributed by atoms with Gasteiger partial charge in [-0.25, -0.2) is 4.39 Å². The van der Waals surface area contributed by atoms with Crippen LogP contribution in [0.3, 0.4) is 0 Å². The van der Waals surface area contributed by atoms with Crippen molar-refractivity contribution in [3.8, 4) is 11.3 Å². The van der Waals surface area contributed by atoms with E-state index in [0.717, 1.165) is 19.9 Å². The number of H-pyrrole nitrogens is 1. The summed E-state index contributed by atoms with van der Waals surface area (Å²) in [7, 11) is 0. The number of nitrogens with zero attached hydrogens (tertiary/aromatic N) is 1. The molecular formula is C19H16F4N2O. The second kappa shape index (κ2) is 5.93. The van der Waals surface area contributed by atoms with Crippen molar-refractivity contribution in [2.24, 2.45) is 0 Å². The molecule has 1 aromatic carbocycles. The summed E-state index contributed by atoms with van der Waals surface area (Å²) in [5, 5.41) is 0.379. The van der Waals surface area contributed by atoms with Crippen molar-refractivity contribution in [2.45, 2.75) is 32.4 Å². The van der Waals surface area contributed by atoms with Crippen molar-refractivity contribution in [1.29, 1.82) is 0 Å². The van der Waals surface area contributed by atoms with Crippen LogP contribution in [0.1, 0.15) is 25.0 Å². The summed E-state index contributed by atoms with van der Waals surface area (Å²) >= 11 is 0. The van der Waals surface area contributed by atoms with Crippen molar-refractivity contribution >= 4 is 10.9 Å². The van der Waals surface area contributed by atoms with Gasteiger partial charge in [0, 0.05) is 29.6 Å². The lowest BCUT2D eigenvalue weighted by Crippen LogP contribution is -2.37. The monoisotopic (exact) mass is 364 g/mol. The maximum Gasteiger partial charge on any atom is 0.398 e. The molecule has 3 aromatic rings. The molecule has 3 rings (SSSR count). The van der Waals surface area contributed by atoms with Crippen molar-refractivity contribution < 1.29 is 17.6 Å². The average molecular weight is 364 g/mol. The van der Waals surface area contributed by atoms with Crippen molar-refractivity contribution in [2.75, 3.05) is 0 Å². The Morgan fingerprint density at radius 3 is 2.46 bits per heavy atom. The van der Waals surface area contributed by atoms with Crippen molar-refractivity contribution in [3.63, 3.8) is 0 Å². The van der Waals surface area contributed by atoms with Gasteiger partial charge in [-0.2, -0.15) is 13.2 Å². The van der Waals surface area contributed by atoms with Crippen LogP contribution in [0.5, 0.6) is 0 Å². The minimum atomic E-state index is -4.59. The lowest BCUT2D eigenvalue weighted by Gasteiger charge is -2.29. The first-order valence-corrected chi connectivity index (χ1v) is 7.87. The summed E-state index contributed by atoms with van der Waals surface area (Å²) in [6.07, 6.45) is -1.67. The fourth-order valence-corrected chi connectivity index (χ4v) is 2.84. The molecule has 0 radical (unpaired) electrons. The van der Waals surface area contributed by atoms with Gasteiger partial charge in [-0.05, 0) is 38.5 Å². The van der Waals surface area contributed by atoms with Gasteiger partial charge in [0.2, 0.25) is 0 Å². The van der Waals surface area contributed by atoms with Gasteiger partial charge in [-0.3, -0.25) is 9.78 Å². The SMILES string of the molecule is Cc1cc(C(C)(C)C(F)(F)F)c(F)cc1-c1cc(=O)c2cnccc2[nH]1. The summed E-state index contributed by atoms with van der Waals surface area (Å²) < 4.78 is 54.3. The van der Waals surface area contributed by atoms with Gasteiger partial charge in [0.15, 0.2) is 5.43 Å². The fraction of sp³-hybridized carbons (Fsp3) is 0.263. The van der Waals surface area contributed by atoms with E-state index in [1.54, 1.807) is 13.0 Å². The zero-order valence-electron chi connectivity index (χ0n) is 14.3. The third-order valence-electron chi connectivity index (χ3n) is 4.62. The van der Waals surface area contributed by atoms with Crippen LogP contribution in [0.2, 0.25) is 0 Å². The van der Waals surface area contributed by atoms with Crippen LogP contribution in [0, 0.1) is 12.7 Å². The topological polar surface area (TPSA) is 45.8 Å². The highest BCUT2D eigenvalue weighted by atomic mass is 19.4. The molecule has 0 spiro atoms. The van der Waals surface area contributed by atoms with E-state index in [9.17, 15) is 22.4 Å². The smallest absolute Gasteiger partial charge is 0.354 e. The lowest BCUT2D eigenvalue weighted by molar-refractivity contribution is -0.180. The van der Waals surface area contributed by atoms with Gasteiger partial charge in [-0.15, -0.1) is 0 Å². The quantitative estimate of drug-likeness (QED) is 0.659. The number of halogens is 4. The molecule has 0 aliphatic heterocycles. The number of benzene rings is 1. The molecule has 0 saturated carbocycles. The summed E-state index contributed by atoms with van der Waals surface area (Å²) in [6.45, 7) is 3.46. The number of pyridine rings is 2. The Morgan fingerprint density at radius 1 is 1.12 bits per heavy atom. The van der Waals surface area contributed by atoms with E-state index in [1.807, 2.05) is 0 Å². The molecule has 0 atom stereocenters. The molecule has 26 heavy (non-hydrogen) atoms.